The van der Waals surface area contributed by atoms with E-state index in [0.717, 1.165) is 58.4 Å². The van der Waals surface area contributed by atoms with E-state index in [-0.39, 0.29) is 0 Å². The van der Waals surface area contributed by atoms with E-state index in [4.69, 9.17) is 9.47 Å². The molecule has 1 heterocycles. The molecule has 6 nitrogen and oxygen atoms in total. The first-order valence-electron chi connectivity index (χ1n) is 11.8. The Morgan fingerprint density at radius 1 is 0.971 bits per heavy atom. The maximum atomic E-state index is 12.1. The highest BCUT2D eigenvalue weighted by molar-refractivity contribution is 5.97. The van der Waals surface area contributed by atoms with Crippen molar-refractivity contribution in [2.75, 3.05) is 19.0 Å². The smallest absolute Gasteiger partial charge is 0.411 e. The highest BCUT2D eigenvalue weighted by atomic mass is 16.5. The molecule has 1 aromatic heterocycles. The highest BCUT2D eigenvalue weighted by Gasteiger charge is 2.19. The number of ether oxygens (including phenoxy) is 2. The minimum Gasteiger partial charge on any atom is -0.497 e. The van der Waals surface area contributed by atoms with Gasteiger partial charge in [-0.3, -0.25) is 5.32 Å². The summed E-state index contributed by atoms with van der Waals surface area (Å²) < 4.78 is 12.7. The molecule has 0 aliphatic carbocycles. The Balaban J connectivity index is 1.83. The summed E-state index contributed by atoms with van der Waals surface area (Å²) in [5, 5.41) is 13.9. The zero-order valence-electron chi connectivity index (χ0n) is 20.3. The average Bonchev–Trinajstić information content (AvgIpc) is 3.20. The lowest BCUT2D eigenvalue weighted by Gasteiger charge is -2.12. The Hall–Kier alpha value is -4.24. The van der Waals surface area contributed by atoms with Crippen molar-refractivity contribution in [2.45, 2.75) is 33.2 Å². The molecular formula is C29H29N3O3. The van der Waals surface area contributed by atoms with Gasteiger partial charge >= 0.3 is 6.09 Å². The third-order valence-corrected chi connectivity index (χ3v) is 5.85. The molecule has 0 fully saturated rings. The number of benzene rings is 3. The minimum absolute atomic E-state index is 0.366. The van der Waals surface area contributed by atoms with Gasteiger partial charge in [-0.15, -0.1) is 0 Å². The number of methoxy groups -OCH3 is 1. The van der Waals surface area contributed by atoms with Gasteiger partial charge in [-0.25, -0.2) is 4.79 Å². The molecule has 0 aliphatic rings. The number of hydrogen-bond acceptors (Lipinski definition) is 4. The number of aromatic nitrogens is 1. The van der Waals surface area contributed by atoms with Gasteiger partial charge in [-0.2, -0.15) is 5.26 Å². The van der Waals surface area contributed by atoms with Crippen molar-refractivity contribution in [3.8, 4) is 34.2 Å². The number of hydrogen-bond donors (Lipinski definition) is 1. The van der Waals surface area contributed by atoms with Crippen molar-refractivity contribution in [3.63, 3.8) is 0 Å². The van der Waals surface area contributed by atoms with Crippen molar-refractivity contribution in [1.82, 2.24) is 4.57 Å². The number of fused-ring (bicyclic) bond motifs is 1. The molecule has 0 aliphatic heterocycles. The average molecular weight is 468 g/mol. The van der Waals surface area contributed by atoms with Crippen molar-refractivity contribution in [2.24, 2.45) is 0 Å². The molecule has 0 bridgehead atoms. The Bertz CT molecular complexity index is 1400. The van der Waals surface area contributed by atoms with Crippen LogP contribution in [0.15, 0.2) is 66.7 Å². The molecule has 3 aromatic carbocycles. The minimum atomic E-state index is -0.485. The van der Waals surface area contributed by atoms with Crippen LogP contribution in [0.1, 0.15) is 32.3 Å². The van der Waals surface area contributed by atoms with Gasteiger partial charge in [0.25, 0.3) is 0 Å². The van der Waals surface area contributed by atoms with E-state index >= 15 is 0 Å². The summed E-state index contributed by atoms with van der Waals surface area (Å²) in [7, 11) is 1.65. The number of anilines is 1. The number of nitriles is 1. The van der Waals surface area contributed by atoms with Crippen molar-refractivity contribution in [1.29, 1.82) is 5.26 Å². The molecule has 0 radical (unpaired) electrons. The van der Waals surface area contributed by atoms with Gasteiger partial charge in [-0.1, -0.05) is 44.2 Å². The predicted molar refractivity (Wildman–Crippen MR) is 140 cm³/mol. The molecule has 4 aromatic rings. The largest absolute Gasteiger partial charge is 0.497 e. The van der Waals surface area contributed by atoms with Crippen molar-refractivity contribution < 1.29 is 14.3 Å². The van der Waals surface area contributed by atoms with Crippen LogP contribution in [-0.4, -0.2) is 24.4 Å². The lowest BCUT2D eigenvalue weighted by molar-refractivity contribution is 0.161. The summed E-state index contributed by atoms with van der Waals surface area (Å²) in [5.74, 6) is 0.786. The maximum absolute atomic E-state index is 12.1. The maximum Gasteiger partial charge on any atom is 0.411 e. The van der Waals surface area contributed by atoms with E-state index in [9.17, 15) is 10.1 Å². The topological polar surface area (TPSA) is 76.3 Å². The molecule has 0 unspecified atom stereocenters. The van der Waals surface area contributed by atoms with Crippen LogP contribution in [-0.2, 0) is 11.3 Å². The molecule has 4 rings (SSSR count). The van der Waals surface area contributed by atoms with Crippen LogP contribution in [0.25, 0.3) is 33.3 Å². The van der Waals surface area contributed by atoms with Crippen LogP contribution in [0.3, 0.4) is 0 Å². The molecule has 0 atom stereocenters. The zero-order chi connectivity index (χ0) is 24.8. The second-order valence-electron chi connectivity index (χ2n) is 8.29. The third kappa shape index (κ3) is 4.99. The SMILES string of the molecule is CCCOC(=O)Nc1cccc(-c2c(C#N)c3cc(-c4cccc(OC)c4)ccc3n2CCC)c1. The Morgan fingerprint density at radius 2 is 1.74 bits per heavy atom. The van der Waals surface area contributed by atoms with Crippen LogP contribution >= 0.6 is 0 Å². The van der Waals surface area contributed by atoms with Gasteiger partial charge in [0.05, 0.1) is 25.0 Å². The van der Waals surface area contributed by atoms with E-state index < -0.39 is 6.09 Å². The van der Waals surface area contributed by atoms with E-state index in [0.29, 0.717) is 17.9 Å². The van der Waals surface area contributed by atoms with Crippen LogP contribution in [0.4, 0.5) is 10.5 Å². The molecule has 0 saturated carbocycles. The lowest BCUT2D eigenvalue weighted by atomic mass is 10.0. The molecule has 0 spiro atoms. The quantitative estimate of drug-likeness (QED) is 0.297. The van der Waals surface area contributed by atoms with Gasteiger partial charge in [0.15, 0.2) is 0 Å². The molecule has 6 heteroatoms. The van der Waals surface area contributed by atoms with E-state index in [1.807, 2.05) is 55.5 Å². The first kappa shape index (κ1) is 23.9. The molecular weight excluding hydrogens is 438 g/mol. The van der Waals surface area contributed by atoms with Gasteiger partial charge in [0.1, 0.15) is 11.8 Å². The van der Waals surface area contributed by atoms with E-state index in [1.54, 1.807) is 7.11 Å². The number of aryl methyl sites for hydroxylation is 1. The number of rotatable bonds is 8. The highest BCUT2D eigenvalue weighted by Crippen LogP contribution is 2.37. The standard InChI is InChI=1S/C29H29N3O3/c1-4-14-32-27-13-12-21(20-8-7-11-24(17-20)34-3)18-25(27)26(19-30)28(32)22-9-6-10-23(16-22)31-29(33)35-15-5-2/h6-13,16-18H,4-5,14-15H2,1-3H3,(H,31,33). The summed E-state index contributed by atoms with van der Waals surface area (Å²) >= 11 is 0. The van der Waals surface area contributed by atoms with Crippen LogP contribution in [0.5, 0.6) is 5.75 Å². The summed E-state index contributed by atoms with van der Waals surface area (Å²) in [4.78, 5) is 12.1. The van der Waals surface area contributed by atoms with Crippen molar-refractivity contribution >= 4 is 22.7 Å². The number of carbonyl (C=O) groups is 1. The number of nitrogens with zero attached hydrogens (tertiary/aromatic N) is 2. The Labute approximate surface area is 205 Å². The van der Waals surface area contributed by atoms with Gasteiger partial charge in [-0.05, 0) is 60.4 Å². The fourth-order valence-corrected chi connectivity index (χ4v) is 4.30. The molecule has 1 N–H and O–H groups in total. The summed E-state index contributed by atoms with van der Waals surface area (Å²) in [6, 6.07) is 24.1. The van der Waals surface area contributed by atoms with Crippen molar-refractivity contribution in [3.05, 3.63) is 72.3 Å². The fourth-order valence-electron chi connectivity index (χ4n) is 4.30. The molecule has 1 amide bonds. The Morgan fingerprint density at radius 3 is 2.49 bits per heavy atom. The van der Waals surface area contributed by atoms with Gasteiger partial charge in [0, 0.05) is 28.7 Å². The number of nitrogens with one attached hydrogen (secondary N) is 1. The first-order chi connectivity index (χ1) is 17.1. The van der Waals surface area contributed by atoms with Crippen LogP contribution in [0.2, 0.25) is 0 Å². The molecule has 35 heavy (non-hydrogen) atoms. The first-order valence-corrected chi connectivity index (χ1v) is 11.8. The monoisotopic (exact) mass is 467 g/mol. The normalized spacial score (nSPS) is 10.7. The summed E-state index contributed by atoms with van der Waals surface area (Å²) in [6.45, 7) is 5.20. The van der Waals surface area contributed by atoms with Crippen LogP contribution in [0, 0.1) is 11.3 Å². The molecule has 0 saturated heterocycles. The second-order valence-corrected chi connectivity index (χ2v) is 8.29. The van der Waals surface area contributed by atoms with Gasteiger partial charge < -0.3 is 14.0 Å². The fraction of sp³-hybridized carbons (Fsp3) is 0.241. The molecule has 178 valence electrons. The number of carbonyl (C=O) groups excluding carboxylic acids is 1. The third-order valence-electron chi connectivity index (χ3n) is 5.85. The van der Waals surface area contributed by atoms with E-state index in [2.05, 4.69) is 41.1 Å². The van der Waals surface area contributed by atoms with Crippen LogP contribution < -0.4 is 10.1 Å². The van der Waals surface area contributed by atoms with E-state index in [1.165, 1.54) is 0 Å². The summed E-state index contributed by atoms with van der Waals surface area (Å²) in [5.41, 5.74) is 5.99. The lowest BCUT2D eigenvalue weighted by Crippen LogP contribution is -2.14. The Kier molecular flexibility index (Phi) is 7.37. The van der Waals surface area contributed by atoms with Gasteiger partial charge in [0.2, 0.25) is 0 Å². The predicted octanol–water partition coefficient (Wildman–Crippen LogP) is 7.22. The summed E-state index contributed by atoms with van der Waals surface area (Å²) in [6.07, 6.45) is 1.19. The second kappa shape index (κ2) is 10.8. The zero-order valence-corrected chi connectivity index (χ0v) is 20.3. The number of amides is 1.